The Kier molecular flexibility index (Phi) is 2.91. The molecule has 0 bridgehead atoms. The third-order valence-corrected chi connectivity index (χ3v) is 6.20. The number of rotatable bonds is 2. The molecule has 0 amide bonds. The molecule has 0 radical (unpaired) electrons. The highest BCUT2D eigenvalue weighted by atomic mass is 32.2. The van der Waals surface area contributed by atoms with Crippen LogP contribution in [0.2, 0.25) is 0 Å². The highest BCUT2D eigenvalue weighted by molar-refractivity contribution is 8.02. The van der Waals surface area contributed by atoms with Gasteiger partial charge in [-0.3, -0.25) is 4.99 Å². The van der Waals surface area contributed by atoms with Gasteiger partial charge in [-0.15, -0.1) is 11.8 Å². The second-order valence-electron chi connectivity index (χ2n) is 4.12. The molecule has 2 heterocycles. The first-order valence-electron chi connectivity index (χ1n) is 5.58. The third-order valence-electron chi connectivity index (χ3n) is 2.91. The minimum absolute atomic E-state index is 0.0488. The van der Waals surface area contributed by atoms with Gasteiger partial charge >= 0.3 is 0 Å². The number of nitrogens with zero attached hydrogens (tertiary/aromatic N) is 1. The fourth-order valence-corrected chi connectivity index (χ4v) is 5.60. The van der Waals surface area contributed by atoms with Crippen LogP contribution < -0.4 is 5.32 Å². The molecule has 1 aromatic carbocycles. The standard InChI is InChI=1S/C12H12N2O2S2/c15-18(16)8-10(9-4-1-2-5-11(9)18)17-12-13-6-3-7-14-12/h1-7,10,12-13H,8H2. The van der Waals surface area contributed by atoms with Gasteiger partial charge in [0.1, 0.15) is 0 Å². The van der Waals surface area contributed by atoms with Crippen LogP contribution >= 0.6 is 11.8 Å². The van der Waals surface area contributed by atoms with Gasteiger partial charge in [0.25, 0.3) is 0 Å². The van der Waals surface area contributed by atoms with Gasteiger partial charge in [-0.1, -0.05) is 18.2 Å². The van der Waals surface area contributed by atoms with Gasteiger partial charge in [-0.05, 0) is 17.7 Å². The van der Waals surface area contributed by atoms with Crippen molar-refractivity contribution >= 4 is 27.8 Å². The summed E-state index contributed by atoms with van der Waals surface area (Å²) >= 11 is 1.53. The highest BCUT2D eigenvalue weighted by Gasteiger charge is 2.35. The van der Waals surface area contributed by atoms with Crippen molar-refractivity contribution in [2.24, 2.45) is 4.99 Å². The molecule has 6 heteroatoms. The summed E-state index contributed by atoms with van der Waals surface area (Å²) in [5, 5.41) is 3.05. The second-order valence-corrected chi connectivity index (χ2v) is 7.41. The molecular formula is C12H12N2O2S2. The first-order chi connectivity index (χ1) is 8.67. The molecule has 0 saturated carbocycles. The van der Waals surface area contributed by atoms with Crippen LogP contribution in [-0.2, 0) is 9.84 Å². The van der Waals surface area contributed by atoms with E-state index in [1.165, 1.54) is 11.8 Å². The fourth-order valence-electron chi connectivity index (χ4n) is 2.10. The van der Waals surface area contributed by atoms with Gasteiger partial charge in [0, 0.05) is 17.7 Å². The number of fused-ring (bicyclic) bond motifs is 1. The van der Waals surface area contributed by atoms with Gasteiger partial charge in [0.2, 0.25) is 0 Å². The van der Waals surface area contributed by atoms with Crippen LogP contribution in [0.5, 0.6) is 0 Å². The lowest BCUT2D eigenvalue weighted by molar-refractivity contribution is 0.600. The lowest BCUT2D eigenvalue weighted by Crippen LogP contribution is -2.22. The van der Waals surface area contributed by atoms with Crippen LogP contribution in [0.3, 0.4) is 0 Å². The number of aliphatic imine (C=N–C) groups is 1. The molecule has 2 aliphatic heterocycles. The fraction of sp³-hybridized carbons (Fsp3) is 0.250. The number of hydrogen-bond acceptors (Lipinski definition) is 5. The van der Waals surface area contributed by atoms with E-state index in [1.54, 1.807) is 18.3 Å². The lowest BCUT2D eigenvalue weighted by atomic mass is 10.2. The minimum atomic E-state index is -3.12. The van der Waals surface area contributed by atoms with E-state index >= 15 is 0 Å². The summed E-state index contributed by atoms with van der Waals surface area (Å²) < 4.78 is 24.0. The zero-order valence-electron chi connectivity index (χ0n) is 9.48. The molecule has 0 saturated heterocycles. The summed E-state index contributed by atoms with van der Waals surface area (Å²) in [5.74, 6) is 0.161. The summed E-state index contributed by atoms with van der Waals surface area (Å²) in [7, 11) is -3.12. The zero-order chi connectivity index (χ0) is 12.6. The number of thioether (sulfide) groups is 1. The van der Waals surface area contributed by atoms with Crippen LogP contribution in [0.4, 0.5) is 0 Å². The van der Waals surface area contributed by atoms with Crippen molar-refractivity contribution in [2.75, 3.05) is 5.75 Å². The molecular weight excluding hydrogens is 268 g/mol. The monoisotopic (exact) mass is 280 g/mol. The predicted octanol–water partition coefficient (Wildman–Crippen LogP) is 1.72. The quantitative estimate of drug-likeness (QED) is 0.896. The molecule has 2 aliphatic rings. The molecule has 0 aromatic heterocycles. The topological polar surface area (TPSA) is 58.5 Å². The minimum Gasteiger partial charge on any atom is -0.361 e. The van der Waals surface area contributed by atoms with Crippen LogP contribution in [0, 0.1) is 0 Å². The van der Waals surface area contributed by atoms with Crippen LogP contribution in [0.15, 0.2) is 46.4 Å². The largest absolute Gasteiger partial charge is 0.361 e. The molecule has 1 aromatic rings. The van der Waals surface area contributed by atoms with E-state index < -0.39 is 9.84 Å². The van der Waals surface area contributed by atoms with Gasteiger partial charge in [0.05, 0.1) is 10.6 Å². The number of allylic oxidation sites excluding steroid dienone is 1. The molecule has 0 fully saturated rings. The summed E-state index contributed by atoms with van der Waals surface area (Å²) in [6, 6.07) is 7.22. The number of sulfone groups is 1. The van der Waals surface area contributed by atoms with Crippen LogP contribution in [0.25, 0.3) is 0 Å². The number of nitrogens with one attached hydrogen (secondary N) is 1. The Morgan fingerprint density at radius 3 is 2.94 bits per heavy atom. The van der Waals surface area contributed by atoms with Crippen molar-refractivity contribution < 1.29 is 8.42 Å². The van der Waals surface area contributed by atoms with Gasteiger partial charge in [0.15, 0.2) is 15.3 Å². The number of benzene rings is 1. The smallest absolute Gasteiger partial charge is 0.180 e. The molecule has 0 spiro atoms. The molecule has 4 nitrogen and oxygen atoms in total. The SMILES string of the molecule is O=S1(=O)CC(SC2N=CC=CN2)c2ccccc21. The van der Waals surface area contributed by atoms with Crippen molar-refractivity contribution in [3.63, 3.8) is 0 Å². The molecule has 2 unspecified atom stereocenters. The lowest BCUT2D eigenvalue weighted by Gasteiger charge is -2.18. The normalized spacial score (nSPS) is 27.8. The van der Waals surface area contributed by atoms with E-state index in [0.29, 0.717) is 4.90 Å². The van der Waals surface area contributed by atoms with Crippen molar-refractivity contribution in [1.82, 2.24) is 5.32 Å². The van der Waals surface area contributed by atoms with Crippen molar-refractivity contribution in [3.8, 4) is 0 Å². The van der Waals surface area contributed by atoms with Crippen molar-refractivity contribution in [1.29, 1.82) is 0 Å². The van der Waals surface area contributed by atoms with Crippen LogP contribution in [-0.4, -0.2) is 25.9 Å². The maximum atomic E-state index is 12.0. The van der Waals surface area contributed by atoms with E-state index in [2.05, 4.69) is 10.3 Å². The molecule has 1 N–H and O–H groups in total. The maximum Gasteiger partial charge on any atom is 0.180 e. The Morgan fingerprint density at radius 2 is 2.17 bits per heavy atom. The second kappa shape index (κ2) is 4.44. The Morgan fingerprint density at radius 1 is 1.33 bits per heavy atom. The highest BCUT2D eigenvalue weighted by Crippen LogP contribution is 2.43. The average Bonchev–Trinajstić information content (AvgIpc) is 2.63. The molecule has 0 aliphatic carbocycles. The van der Waals surface area contributed by atoms with Gasteiger partial charge in [-0.25, -0.2) is 8.42 Å². The molecule has 3 rings (SSSR count). The van der Waals surface area contributed by atoms with E-state index in [1.807, 2.05) is 24.4 Å². The summed E-state index contributed by atoms with van der Waals surface area (Å²) in [6.45, 7) is 0. The first kappa shape index (κ1) is 11.8. The van der Waals surface area contributed by atoms with Gasteiger partial charge < -0.3 is 5.32 Å². The summed E-state index contributed by atoms with van der Waals surface area (Å²) in [6.07, 6.45) is 5.36. The van der Waals surface area contributed by atoms with Crippen molar-refractivity contribution in [2.45, 2.75) is 15.6 Å². The Labute approximate surface area is 110 Å². The summed E-state index contributed by atoms with van der Waals surface area (Å²) in [5.41, 5.74) is 0.787. The van der Waals surface area contributed by atoms with Crippen LogP contribution in [0.1, 0.15) is 10.8 Å². The van der Waals surface area contributed by atoms with E-state index in [-0.39, 0.29) is 16.5 Å². The Bertz CT molecular complexity index is 623. The zero-order valence-corrected chi connectivity index (χ0v) is 11.1. The molecule has 18 heavy (non-hydrogen) atoms. The Balaban J connectivity index is 1.87. The van der Waals surface area contributed by atoms with Crippen molar-refractivity contribution in [3.05, 3.63) is 42.1 Å². The average molecular weight is 280 g/mol. The molecule has 94 valence electrons. The van der Waals surface area contributed by atoms with E-state index in [9.17, 15) is 8.42 Å². The summed E-state index contributed by atoms with van der Waals surface area (Å²) in [4.78, 5) is 4.73. The third kappa shape index (κ3) is 2.06. The number of hydrogen-bond donors (Lipinski definition) is 1. The van der Waals surface area contributed by atoms with E-state index in [0.717, 1.165) is 5.56 Å². The van der Waals surface area contributed by atoms with E-state index in [4.69, 9.17) is 0 Å². The first-order valence-corrected chi connectivity index (χ1v) is 8.18. The maximum absolute atomic E-state index is 12.0. The Hall–Kier alpha value is -1.27. The molecule has 2 atom stereocenters. The van der Waals surface area contributed by atoms with Gasteiger partial charge in [-0.2, -0.15) is 0 Å². The predicted molar refractivity (Wildman–Crippen MR) is 73.4 cm³/mol.